The van der Waals surface area contributed by atoms with Gasteiger partial charge in [-0.05, 0) is 0 Å². The third-order valence-electron chi connectivity index (χ3n) is 0.759. The van der Waals surface area contributed by atoms with E-state index in [1.807, 2.05) is 0 Å². The highest BCUT2D eigenvalue weighted by molar-refractivity contribution is 4.58. The van der Waals surface area contributed by atoms with Crippen molar-refractivity contribution in [2.45, 2.75) is 0 Å². The van der Waals surface area contributed by atoms with Crippen LogP contribution in [0.5, 0.6) is 0 Å². The lowest BCUT2D eigenvalue weighted by Crippen LogP contribution is -3.16. The van der Waals surface area contributed by atoms with Gasteiger partial charge in [-0.2, -0.15) is 5.84 Å². The zero-order chi connectivity index (χ0) is 4.57. The van der Waals surface area contributed by atoms with Crippen LogP contribution < -0.4 is 11.1 Å². The Balaban J connectivity index is 2.13. The van der Waals surface area contributed by atoms with Gasteiger partial charge in [-0.25, -0.2) is 5.28 Å². The second-order valence-corrected chi connectivity index (χ2v) is 1.33. The lowest BCUT2D eigenvalue weighted by atomic mass is 11.0. The molecular formula is C2H7N3O. The molecule has 1 rings (SSSR count). The van der Waals surface area contributed by atoms with E-state index in [1.54, 1.807) is 5.01 Å². The van der Waals surface area contributed by atoms with Crippen molar-refractivity contribution in [1.82, 2.24) is 5.01 Å². The SMILES string of the molecule is N[NH+]([O-])N1CC1. The number of nitrogens with zero attached hydrogens (tertiary/aromatic N) is 1. The summed E-state index contributed by atoms with van der Waals surface area (Å²) >= 11 is 0. The fourth-order valence-corrected chi connectivity index (χ4v) is 0.270. The van der Waals surface area contributed by atoms with Crippen LogP contribution >= 0.6 is 0 Å². The Morgan fingerprint density at radius 2 is 2.17 bits per heavy atom. The number of rotatable bonds is 1. The molecule has 3 N–H and O–H groups in total. The first-order valence-corrected chi connectivity index (χ1v) is 1.85. The highest BCUT2D eigenvalue weighted by Gasteiger charge is 2.22. The molecule has 0 aliphatic carbocycles. The fourth-order valence-electron chi connectivity index (χ4n) is 0.270. The smallest absolute Gasteiger partial charge is 0.0679 e. The summed E-state index contributed by atoms with van der Waals surface area (Å²) in [6.07, 6.45) is 0. The molecular weight excluding hydrogens is 82.0 g/mol. The van der Waals surface area contributed by atoms with Crippen molar-refractivity contribution in [1.29, 1.82) is 0 Å². The van der Waals surface area contributed by atoms with Gasteiger partial charge in [0.25, 0.3) is 0 Å². The molecule has 4 nitrogen and oxygen atoms in total. The van der Waals surface area contributed by atoms with E-state index >= 15 is 0 Å². The van der Waals surface area contributed by atoms with Gasteiger partial charge in [0.2, 0.25) is 0 Å². The molecule has 1 aliphatic heterocycles. The number of nitrogens with two attached hydrogens (primary N) is 1. The van der Waals surface area contributed by atoms with Crippen molar-refractivity contribution >= 4 is 0 Å². The van der Waals surface area contributed by atoms with Gasteiger partial charge in [0.05, 0.1) is 13.1 Å². The maximum atomic E-state index is 9.91. The van der Waals surface area contributed by atoms with Gasteiger partial charge in [0.1, 0.15) is 0 Å². The Labute approximate surface area is 35.6 Å². The fraction of sp³-hybridized carbons (Fsp3) is 1.00. The van der Waals surface area contributed by atoms with Crippen LogP contribution in [0, 0.1) is 5.21 Å². The molecule has 1 unspecified atom stereocenters. The Hall–Kier alpha value is -0.160. The lowest BCUT2D eigenvalue weighted by Gasteiger charge is -2.12. The van der Waals surface area contributed by atoms with Gasteiger partial charge in [-0.1, -0.05) is 0 Å². The topological polar surface area (TPSA) is 56.5 Å². The summed E-state index contributed by atoms with van der Waals surface area (Å²) in [7, 11) is 0. The van der Waals surface area contributed by atoms with Crippen LogP contribution in [0.4, 0.5) is 0 Å². The zero-order valence-electron chi connectivity index (χ0n) is 3.35. The minimum atomic E-state index is -0.296. The van der Waals surface area contributed by atoms with E-state index in [-0.39, 0.29) is 5.28 Å². The largest absolute Gasteiger partial charge is 0.593 e. The molecule has 0 spiro atoms. The second kappa shape index (κ2) is 1.16. The van der Waals surface area contributed by atoms with Gasteiger partial charge in [-0.15, -0.1) is 5.01 Å². The van der Waals surface area contributed by atoms with Crippen molar-refractivity contribution < 1.29 is 5.28 Å². The van der Waals surface area contributed by atoms with Crippen molar-refractivity contribution in [3.8, 4) is 0 Å². The van der Waals surface area contributed by atoms with Crippen molar-refractivity contribution in [2.24, 2.45) is 5.84 Å². The third-order valence-corrected chi connectivity index (χ3v) is 0.759. The molecule has 1 heterocycles. The average molecular weight is 89.1 g/mol. The van der Waals surface area contributed by atoms with E-state index in [2.05, 4.69) is 0 Å². The highest BCUT2D eigenvalue weighted by atomic mass is 16.6. The van der Waals surface area contributed by atoms with Crippen molar-refractivity contribution in [3.05, 3.63) is 5.21 Å². The molecule has 0 aromatic heterocycles. The predicted octanol–water partition coefficient (Wildman–Crippen LogP) is -2.53. The molecule has 4 heteroatoms. The van der Waals surface area contributed by atoms with E-state index in [0.29, 0.717) is 0 Å². The van der Waals surface area contributed by atoms with E-state index in [4.69, 9.17) is 5.84 Å². The van der Waals surface area contributed by atoms with Gasteiger partial charge >= 0.3 is 0 Å². The first-order chi connectivity index (χ1) is 2.80. The summed E-state index contributed by atoms with van der Waals surface area (Å²) in [5.41, 5.74) is 0. The van der Waals surface area contributed by atoms with Gasteiger partial charge in [0, 0.05) is 0 Å². The quantitative estimate of drug-likeness (QED) is 0.212. The summed E-state index contributed by atoms with van der Waals surface area (Å²) in [5, 5.41) is 11.2. The van der Waals surface area contributed by atoms with Gasteiger partial charge in [0.15, 0.2) is 0 Å². The van der Waals surface area contributed by atoms with Crippen molar-refractivity contribution in [3.63, 3.8) is 0 Å². The Kier molecular flexibility index (Phi) is 0.776. The lowest BCUT2D eigenvalue weighted by molar-refractivity contribution is -0.961. The Bertz CT molecular complexity index is 50.8. The molecule has 0 saturated carbocycles. The summed E-state index contributed by atoms with van der Waals surface area (Å²) < 4.78 is 0. The molecule has 0 radical (unpaired) electrons. The molecule has 1 saturated heterocycles. The monoisotopic (exact) mass is 89.1 g/mol. The Morgan fingerprint density at radius 1 is 1.67 bits per heavy atom. The Morgan fingerprint density at radius 3 is 2.17 bits per heavy atom. The summed E-state index contributed by atoms with van der Waals surface area (Å²) in [6, 6.07) is 0. The molecule has 0 amide bonds. The molecule has 36 valence electrons. The first-order valence-electron chi connectivity index (χ1n) is 1.85. The van der Waals surface area contributed by atoms with Gasteiger partial charge < -0.3 is 5.21 Å². The number of quaternary nitrogens is 1. The van der Waals surface area contributed by atoms with Crippen LogP contribution in [-0.4, -0.2) is 18.1 Å². The number of nitrogens with one attached hydrogen (secondary N) is 1. The molecule has 0 aromatic rings. The van der Waals surface area contributed by atoms with Crippen molar-refractivity contribution in [2.75, 3.05) is 13.1 Å². The maximum absolute atomic E-state index is 9.91. The highest BCUT2D eigenvalue weighted by Crippen LogP contribution is 1.88. The molecule has 6 heavy (non-hydrogen) atoms. The normalized spacial score (nSPS) is 27.0. The van der Waals surface area contributed by atoms with E-state index in [9.17, 15) is 5.21 Å². The van der Waals surface area contributed by atoms with E-state index in [0.717, 1.165) is 13.1 Å². The molecule has 0 bridgehead atoms. The summed E-state index contributed by atoms with van der Waals surface area (Å²) in [6.45, 7) is 1.71. The molecule has 1 fully saturated rings. The number of hydrogen-bond donors (Lipinski definition) is 2. The minimum absolute atomic E-state index is 0.296. The van der Waals surface area contributed by atoms with Crippen LogP contribution in [0.25, 0.3) is 0 Å². The first kappa shape index (κ1) is 4.01. The molecule has 1 atom stereocenters. The van der Waals surface area contributed by atoms with Crippen LogP contribution in [-0.2, 0) is 0 Å². The van der Waals surface area contributed by atoms with Crippen LogP contribution in [0.1, 0.15) is 0 Å². The standard InChI is InChI=1S/C2H7N3O/c3-5(6)4-1-2-4/h5H,1-3H2. The second-order valence-electron chi connectivity index (χ2n) is 1.33. The molecule has 1 aliphatic rings. The zero-order valence-corrected chi connectivity index (χ0v) is 3.35. The minimum Gasteiger partial charge on any atom is -0.593 e. The van der Waals surface area contributed by atoms with E-state index in [1.165, 1.54) is 0 Å². The third kappa shape index (κ3) is 0.662. The van der Waals surface area contributed by atoms with Gasteiger partial charge in [-0.3, -0.25) is 0 Å². The van der Waals surface area contributed by atoms with Crippen LogP contribution in [0.15, 0.2) is 0 Å². The van der Waals surface area contributed by atoms with Crippen LogP contribution in [0.3, 0.4) is 0 Å². The predicted molar refractivity (Wildman–Crippen MR) is 20.1 cm³/mol. The maximum Gasteiger partial charge on any atom is 0.0679 e. The van der Waals surface area contributed by atoms with E-state index < -0.39 is 0 Å². The molecule has 0 aromatic carbocycles. The average Bonchev–Trinajstić information content (AvgIpc) is 2.06. The summed E-state index contributed by atoms with van der Waals surface area (Å²) in [4.78, 5) is 0. The number of hydrogen-bond acceptors (Lipinski definition) is 3. The van der Waals surface area contributed by atoms with Crippen LogP contribution in [0.2, 0.25) is 0 Å². The summed E-state index contributed by atoms with van der Waals surface area (Å²) in [5.74, 6) is 4.78.